The van der Waals surface area contributed by atoms with E-state index in [-0.39, 0.29) is 11.2 Å². The Kier molecular flexibility index (Phi) is 2.02. The average Bonchev–Trinajstić information content (AvgIpc) is 2.50. The van der Waals surface area contributed by atoms with Crippen LogP contribution >= 0.6 is 0 Å². The smallest absolute Gasteiger partial charge is 0.146 e. The molecule has 0 saturated carbocycles. The molecule has 0 spiro atoms. The number of rotatable bonds is 0. The first-order valence-corrected chi connectivity index (χ1v) is 5.05. The summed E-state index contributed by atoms with van der Waals surface area (Å²) < 4.78 is 13.6. The zero-order valence-corrected chi connectivity index (χ0v) is 8.95. The van der Waals surface area contributed by atoms with Crippen LogP contribution in [0.2, 0.25) is 0 Å². The molecule has 1 aliphatic heterocycles. The number of fused-ring (bicyclic) bond motifs is 1. The van der Waals surface area contributed by atoms with E-state index in [1.807, 2.05) is 0 Å². The fourth-order valence-electron chi connectivity index (χ4n) is 1.81. The lowest BCUT2D eigenvalue weighted by Crippen LogP contribution is -2.12. The second kappa shape index (κ2) is 2.97. The molecule has 0 aliphatic carbocycles. The van der Waals surface area contributed by atoms with Gasteiger partial charge in [-0.1, -0.05) is 26.8 Å². The maximum Gasteiger partial charge on any atom is 0.146 e. The molecule has 1 N–H and O–H groups in total. The van der Waals surface area contributed by atoms with Gasteiger partial charge >= 0.3 is 0 Å². The van der Waals surface area contributed by atoms with E-state index in [2.05, 4.69) is 32.2 Å². The first kappa shape index (κ1) is 9.50. The highest BCUT2D eigenvalue weighted by Crippen LogP contribution is 2.31. The number of hydrogen-bond donors (Lipinski definition) is 1. The molecule has 76 valence electrons. The van der Waals surface area contributed by atoms with Crippen LogP contribution in [0.1, 0.15) is 31.9 Å². The molecule has 0 aromatic heterocycles. The molecule has 2 rings (SSSR count). The van der Waals surface area contributed by atoms with E-state index < -0.39 is 0 Å². The van der Waals surface area contributed by atoms with Gasteiger partial charge in [0.25, 0.3) is 0 Å². The molecule has 0 radical (unpaired) electrons. The predicted molar refractivity (Wildman–Crippen MR) is 57.3 cm³/mol. The van der Waals surface area contributed by atoms with Crippen LogP contribution in [0.3, 0.4) is 0 Å². The molecule has 14 heavy (non-hydrogen) atoms. The fourth-order valence-corrected chi connectivity index (χ4v) is 1.81. The quantitative estimate of drug-likeness (QED) is 0.667. The van der Waals surface area contributed by atoms with Crippen molar-refractivity contribution in [2.45, 2.75) is 32.6 Å². The van der Waals surface area contributed by atoms with E-state index in [1.54, 1.807) is 6.07 Å². The number of halogens is 1. The Morgan fingerprint density at radius 2 is 2.00 bits per heavy atom. The monoisotopic (exact) mass is 193 g/mol. The van der Waals surface area contributed by atoms with Gasteiger partial charge < -0.3 is 5.32 Å². The maximum absolute atomic E-state index is 13.6. The SMILES string of the molecule is CC(C)(C)c1cc(F)c2c(c1)CCN2. The van der Waals surface area contributed by atoms with Crippen molar-refractivity contribution in [2.24, 2.45) is 0 Å². The van der Waals surface area contributed by atoms with Gasteiger partial charge in [-0.05, 0) is 29.0 Å². The van der Waals surface area contributed by atoms with Gasteiger partial charge in [-0.2, -0.15) is 0 Å². The van der Waals surface area contributed by atoms with Crippen LogP contribution in [-0.2, 0) is 11.8 Å². The highest BCUT2D eigenvalue weighted by atomic mass is 19.1. The Bertz CT molecular complexity index is 363. The van der Waals surface area contributed by atoms with Crippen molar-refractivity contribution in [3.8, 4) is 0 Å². The van der Waals surface area contributed by atoms with Crippen LogP contribution in [0.4, 0.5) is 10.1 Å². The Morgan fingerprint density at radius 3 is 2.64 bits per heavy atom. The molecule has 1 aliphatic rings. The Labute approximate surface area is 84.3 Å². The van der Waals surface area contributed by atoms with Crippen LogP contribution in [0.5, 0.6) is 0 Å². The molecule has 0 amide bonds. The molecule has 0 bridgehead atoms. The third kappa shape index (κ3) is 1.49. The van der Waals surface area contributed by atoms with E-state index in [9.17, 15) is 4.39 Å². The minimum atomic E-state index is -0.107. The van der Waals surface area contributed by atoms with E-state index in [0.29, 0.717) is 5.69 Å². The zero-order chi connectivity index (χ0) is 10.3. The number of anilines is 1. The van der Waals surface area contributed by atoms with Gasteiger partial charge in [0.2, 0.25) is 0 Å². The summed E-state index contributed by atoms with van der Waals surface area (Å²) in [6, 6.07) is 3.77. The van der Waals surface area contributed by atoms with E-state index in [0.717, 1.165) is 24.1 Å². The highest BCUT2D eigenvalue weighted by Gasteiger charge is 2.21. The lowest BCUT2D eigenvalue weighted by molar-refractivity contribution is 0.573. The number of hydrogen-bond acceptors (Lipinski definition) is 1. The minimum absolute atomic E-state index is 0.0262. The molecule has 1 heterocycles. The molecular formula is C12H16FN. The standard InChI is InChI=1S/C12H16FN/c1-12(2,3)9-6-8-4-5-14-11(8)10(13)7-9/h6-7,14H,4-5H2,1-3H3. The topological polar surface area (TPSA) is 12.0 Å². The van der Waals surface area contributed by atoms with Crippen LogP contribution in [0, 0.1) is 5.82 Å². The third-order valence-electron chi connectivity index (χ3n) is 2.73. The van der Waals surface area contributed by atoms with Crippen LogP contribution in [0.25, 0.3) is 0 Å². The van der Waals surface area contributed by atoms with E-state index in [4.69, 9.17) is 0 Å². The molecule has 0 unspecified atom stereocenters. The molecule has 0 atom stereocenters. The van der Waals surface area contributed by atoms with E-state index >= 15 is 0 Å². The highest BCUT2D eigenvalue weighted by molar-refractivity contribution is 5.58. The summed E-state index contributed by atoms with van der Waals surface area (Å²) >= 11 is 0. The lowest BCUT2D eigenvalue weighted by atomic mass is 9.85. The van der Waals surface area contributed by atoms with Crippen LogP contribution in [0.15, 0.2) is 12.1 Å². The Balaban J connectivity index is 2.52. The summed E-state index contributed by atoms with van der Waals surface area (Å²) in [5, 5.41) is 3.07. The average molecular weight is 193 g/mol. The van der Waals surface area contributed by atoms with Gasteiger partial charge in [0, 0.05) is 6.54 Å². The Morgan fingerprint density at radius 1 is 1.29 bits per heavy atom. The minimum Gasteiger partial charge on any atom is -0.382 e. The first-order chi connectivity index (χ1) is 6.48. The van der Waals surface area contributed by atoms with Gasteiger partial charge in [0.05, 0.1) is 5.69 Å². The third-order valence-corrected chi connectivity index (χ3v) is 2.73. The Hall–Kier alpha value is -1.05. The fraction of sp³-hybridized carbons (Fsp3) is 0.500. The number of nitrogens with one attached hydrogen (secondary N) is 1. The van der Waals surface area contributed by atoms with Crippen LogP contribution in [-0.4, -0.2) is 6.54 Å². The van der Waals surface area contributed by atoms with Crippen molar-refractivity contribution >= 4 is 5.69 Å². The predicted octanol–water partition coefficient (Wildman–Crippen LogP) is 3.09. The summed E-state index contributed by atoms with van der Waals surface area (Å²) in [4.78, 5) is 0. The second-order valence-electron chi connectivity index (χ2n) is 4.92. The summed E-state index contributed by atoms with van der Waals surface area (Å²) in [7, 11) is 0. The lowest BCUT2D eigenvalue weighted by Gasteiger charge is -2.20. The second-order valence-corrected chi connectivity index (χ2v) is 4.92. The first-order valence-electron chi connectivity index (χ1n) is 5.05. The van der Waals surface area contributed by atoms with E-state index in [1.165, 1.54) is 0 Å². The largest absolute Gasteiger partial charge is 0.382 e. The van der Waals surface area contributed by atoms with Gasteiger partial charge in [-0.25, -0.2) is 4.39 Å². The number of benzene rings is 1. The zero-order valence-electron chi connectivity index (χ0n) is 8.95. The van der Waals surface area contributed by atoms with Crippen LogP contribution < -0.4 is 5.32 Å². The molecule has 2 heteroatoms. The summed E-state index contributed by atoms with van der Waals surface area (Å²) in [6.45, 7) is 7.18. The molecule has 1 aromatic rings. The van der Waals surface area contributed by atoms with Crippen molar-refractivity contribution in [3.63, 3.8) is 0 Å². The molecule has 1 aromatic carbocycles. The summed E-state index contributed by atoms with van der Waals surface area (Å²) in [5.74, 6) is -0.107. The van der Waals surface area contributed by atoms with Gasteiger partial charge in [0.15, 0.2) is 0 Å². The van der Waals surface area contributed by atoms with Crippen molar-refractivity contribution in [3.05, 3.63) is 29.1 Å². The van der Waals surface area contributed by atoms with Crippen molar-refractivity contribution in [2.75, 3.05) is 11.9 Å². The van der Waals surface area contributed by atoms with Gasteiger partial charge in [0.1, 0.15) is 5.82 Å². The molecular weight excluding hydrogens is 177 g/mol. The summed E-state index contributed by atoms with van der Waals surface area (Å²) in [6.07, 6.45) is 0.941. The van der Waals surface area contributed by atoms with Crippen molar-refractivity contribution in [1.29, 1.82) is 0 Å². The van der Waals surface area contributed by atoms with Crippen molar-refractivity contribution in [1.82, 2.24) is 0 Å². The molecule has 0 saturated heterocycles. The normalized spacial score (nSPS) is 15.1. The summed E-state index contributed by atoms with van der Waals surface area (Å²) in [5.41, 5.74) is 2.93. The molecule has 1 nitrogen and oxygen atoms in total. The van der Waals surface area contributed by atoms with Gasteiger partial charge in [-0.15, -0.1) is 0 Å². The molecule has 0 fully saturated rings. The maximum atomic E-state index is 13.6. The van der Waals surface area contributed by atoms with Gasteiger partial charge in [-0.3, -0.25) is 0 Å². The van der Waals surface area contributed by atoms with Crippen molar-refractivity contribution < 1.29 is 4.39 Å².